The summed E-state index contributed by atoms with van der Waals surface area (Å²) >= 11 is 0. The number of aliphatic imine (C=N–C) groups is 1. The highest BCUT2D eigenvalue weighted by atomic mass is 127. The second kappa shape index (κ2) is 9.21. The van der Waals surface area contributed by atoms with Gasteiger partial charge in [-0.15, -0.1) is 24.0 Å². The van der Waals surface area contributed by atoms with Crippen molar-refractivity contribution in [2.75, 3.05) is 19.6 Å². The highest BCUT2D eigenvalue weighted by Gasteiger charge is 2.44. The first-order chi connectivity index (χ1) is 11.7. The summed E-state index contributed by atoms with van der Waals surface area (Å²) in [4.78, 5) is 4.68. The van der Waals surface area contributed by atoms with Gasteiger partial charge in [-0.3, -0.25) is 4.99 Å². The number of halogens is 1. The fourth-order valence-electron chi connectivity index (χ4n) is 3.70. The van der Waals surface area contributed by atoms with E-state index in [4.69, 9.17) is 0 Å². The molecule has 0 bridgehead atoms. The molecule has 5 heteroatoms. The minimum absolute atomic E-state index is 0. The van der Waals surface area contributed by atoms with Crippen LogP contribution in [0.15, 0.2) is 35.3 Å². The molecule has 2 fully saturated rings. The number of hydrogen-bond donors (Lipinski definition) is 3. The van der Waals surface area contributed by atoms with Gasteiger partial charge in [0.25, 0.3) is 0 Å². The molecule has 3 N–H and O–H groups in total. The summed E-state index contributed by atoms with van der Waals surface area (Å²) in [6.07, 6.45) is 7.69. The quantitative estimate of drug-likeness (QED) is 0.348. The molecule has 0 amide bonds. The van der Waals surface area contributed by atoms with Gasteiger partial charge in [-0.25, -0.2) is 0 Å². The van der Waals surface area contributed by atoms with E-state index in [0.29, 0.717) is 6.54 Å². The SMILES string of the molecule is CCNC(=NCC1(O)CCCCC1)NCC1(c2ccccc2)CC1.I. The van der Waals surface area contributed by atoms with E-state index < -0.39 is 5.60 Å². The topological polar surface area (TPSA) is 56.7 Å². The third-order valence-electron chi connectivity index (χ3n) is 5.49. The molecule has 0 unspecified atom stereocenters. The average molecular weight is 457 g/mol. The predicted molar refractivity (Wildman–Crippen MR) is 115 cm³/mol. The number of rotatable bonds is 6. The Hall–Kier alpha value is -0.820. The molecule has 0 radical (unpaired) electrons. The number of hydrogen-bond acceptors (Lipinski definition) is 2. The summed E-state index contributed by atoms with van der Waals surface area (Å²) in [6, 6.07) is 10.8. The standard InChI is InChI=1S/C20H31N3O.HI/c1-2-21-18(23-16-20(24)11-7-4-8-12-20)22-15-19(13-14-19)17-9-5-3-6-10-17;/h3,5-6,9-10,24H,2,4,7-8,11-16H2,1H3,(H2,21,22,23);1H. The molecule has 0 aromatic heterocycles. The third-order valence-corrected chi connectivity index (χ3v) is 5.49. The largest absolute Gasteiger partial charge is 0.388 e. The van der Waals surface area contributed by atoms with E-state index in [2.05, 4.69) is 52.9 Å². The summed E-state index contributed by atoms with van der Waals surface area (Å²) in [5, 5.41) is 17.5. The van der Waals surface area contributed by atoms with Gasteiger partial charge in [0.1, 0.15) is 0 Å². The van der Waals surface area contributed by atoms with Gasteiger partial charge in [0, 0.05) is 18.5 Å². The van der Waals surface area contributed by atoms with Crippen molar-refractivity contribution in [3.8, 4) is 0 Å². The van der Waals surface area contributed by atoms with Crippen LogP contribution in [0.1, 0.15) is 57.4 Å². The Kier molecular flexibility index (Phi) is 7.55. The van der Waals surface area contributed by atoms with Crippen LogP contribution >= 0.6 is 24.0 Å². The summed E-state index contributed by atoms with van der Waals surface area (Å²) in [5.41, 5.74) is 1.08. The molecule has 0 spiro atoms. The molecule has 1 aromatic rings. The Morgan fingerprint density at radius 2 is 1.72 bits per heavy atom. The molecule has 0 atom stereocenters. The minimum Gasteiger partial charge on any atom is -0.388 e. The van der Waals surface area contributed by atoms with Crippen LogP contribution in [0.4, 0.5) is 0 Å². The van der Waals surface area contributed by atoms with Crippen LogP contribution in [-0.2, 0) is 5.41 Å². The van der Waals surface area contributed by atoms with Crippen LogP contribution in [-0.4, -0.2) is 36.3 Å². The minimum atomic E-state index is -0.600. The second-order valence-electron chi connectivity index (χ2n) is 7.48. The molecule has 4 nitrogen and oxygen atoms in total. The molecular weight excluding hydrogens is 425 g/mol. The maximum atomic E-state index is 10.6. The van der Waals surface area contributed by atoms with Crippen LogP contribution in [0.25, 0.3) is 0 Å². The fraction of sp³-hybridized carbons (Fsp3) is 0.650. The third kappa shape index (κ3) is 5.58. The molecule has 2 aliphatic rings. The van der Waals surface area contributed by atoms with Gasteiger partial charge in [0.05, 0.1) is 12.1 Å². The Balaban J connectivity index is 0.00000225. The van der Waals surface area contributed by atoms with Gasteiger partial charge in [-0.1, -0.05) is 49.6 Å². The maximum Gasteiger partial charge on any atom is 0.191 e. The van der Waals surface area contributed by atoms with Gasteiger partial charge in [-0.2, -0.15) is 0 Å². The maximum absolute atomic E-state index is 10.6. The molecule has 2 saturated carbocycles. The monoisotopic (exact) mass is 457 g/mol. The van der Waals surface area contributed by atoms with E-state index in [1.54, 1.807) is 0 Å². The summed E-state index contributed by atoms with van der Waals surface area (Å²) in [6.45, 7) is 4.32. The van der Waals surface area contributed by atoms with Crippen LogP contribution < -0.4 is 10.6 Å². The van der Waals surface area contributed by atoms with Crippen molar-refractivity contribution in [1.29, 1.82) is 0 Å². The first-order valence-electron chi connectivity index (χ1n) is 9.46. The molecule has 0 heterocycles. The zero-order valence-electron chi connectivity index (χ0n) is 15.3. The lowest BCUT2D eigenvalue weighted by Gasteiger charge is -2.30. The Labute approximate surface area is 168 Å². The fourth-order valence-corrected chi connectivity index (χ4v) is 3.70. The predicted octanol–water partition coefficient (Wildman–Crippen LogP) is 3.59. The van der Waals surface area contributed by atoms with Crippen LogP contribution in [0.2, 0.25) is 0 Å². The van der Waals surface area contributed by atoms with Gasteiger partial charge in [0.2, 0.25) is 0 Å². The normalized spacial score (nSPS) is 21.1. The lowest BCUT2D eigenvalue weighted by molar-refractivity contribution is 0.0131. The number of benzene rings is 1. The smallest absolute Gasteiger partial charge is 0.191 e. The molecule has 3 rings (SSSR count). The lowest BCUT2D eigenvalue weighted by Crippen LogP contribution is -2.43. The van der Waals surface area contributed by atoms with Gasteiger partial charge >= 0.3 is 0 Å². The van der Waals surface area contributed by atoms with E-state index in [0.717, 1.165) is 44.7 Å². The summed E-state index contributed by atoms with van der Waals surface area (Å²) in [7, 11) is 0. The molecule has 25 heavy (non-hydrogen) atoms. The highest BCUT2D eigenvalue weighted by molar-refractivity contribution is 14.0. The Morgan fingerprint density at radius 1 is 1.04 bits per heavy atom. The van der Waals surface area contributed by atoms with E-state index in [-0.39, 0.29) is 29.4 Å². The van der Waals surface area contributed by atoms with Gasteiger partial charge in [0.15, 0.2) is 5.96 Å². The van der Waals surface area contributed by atoms with E-state index in [9.17, 15) is 5.11 Å². The van der Waals surface area contributed by atoms with Crippen molar-refractivity contribution in [2.24, 2.45) is 4.99 Å². The zero-order valence-corrected chi connectivity index (χ0v) is 17.6. The number of aliphatic hydroxyl groups is 1. The van der Waals surface area contributed by atoms with E-state index >= 15 is 0 Å². The van der Waals surface area contributed by atoms with Crippen molar-refractivity contribution in [3.63, 3.8) is 0 Å². The first-order valence-corrected chi connectivity index (χ1v) is 9.46. The van der Waals surface area contributed by atoms with Crippen molar-refractivity contribution in [1.82, 2.24) is 10.6 Å². The molecule has 1 aromatic carbocycles. The van der Waals surface area contributed by atoms with Gasteiger partial charge < -0.3 is 15.7 Å². The molecule has 2 aliphatic carbocycles. The molecular formula is C20H32IN3O. The summed E-state index contributed by atoms with van der Waals surface area (Å²) in [5.74, 6) is 0.832. The van der Waals surface area contributed by atoms with Crippen LogP contribution in [0.5, 0.6) is 0 Å². The lowest BCUT2D eigenvalue weighted by atomic mass is 9.85. The summed E-state index contributed by atoms with van der Waals surface area (Å²) < 4.78 is 0. The highest BCUT2D eigenvalue weighted by Crippen LogP contribution is 2.47. The van der Waals surface area contributed by atoms with Gasteiger partial charge in [-0.05, 0) is 38.2 Å². The Bertz CT molecular complexity index is 551. The van der Waals surface area contributed by atoms with Crippen molar-refractivity contribution in [2.45, 2.75) is 62.9 Å². The van der Waals surface area contributed by atoms with E-state index in [1.807, 2.05) is 0 Å². The van der Waals surface area contributed by atoms with E-state index in [1.165, 1.54) is 24.8 Å². The average Bonchev–Trinajstić information content (AvgIpc) is 3.40. The van der Waals surface area contributed by atoms with Crippen LogP contribution in [0.3, 0.4) is 0 Å². The number of nitrogens with zero attached hydrogens (tertiary/aromatic N) is 1. The first kappa shape index (κ1) is 20.5. The second-order valence-corrected chi connectivity index (χ2v) is 7.48. The van der Waals surface area contributed by atoms with Crippen molar-refractivity contribution in [3.05, 3.63) is 35.9 Å². The van der Waals surface area contributed by atoms with Crippen molar-refractivity contribution < 1.29 is 5.11 Å². The number of nitrogens with one attached hydrogen (secondary N) is 2. The Morgan fingerprint density at radius 3 is 2.32 bits per heavy atom. The molecule has 140 valence electrons. The number of guanidine groups is 1. The van der Waals surface area contributed by atoms with Crippen LogP contribution in [0, 0.1) is 0 Å². The zero-order chi connectivity index (χ0) is 16.9. The molecule has 0 saturated heterocycles. The van der Waals surface area contributed by atoms with Crippen molar-refractivity contribution >= 4 is 29.9 Å². The molecule has 0 aliphatic heterocycles.